The van der Waals surface area contributed by atoms with E-state index in [1.54, 1.807) is 7.11 Å². The zero-order valence-electron chi connectivity index (χ0n) is 13.0. The van der Waals surface area contributed by atoms with Gasteiger partial charge in [0.05, 0.1) is 6.61 Å². The summed E-state index contributed by atoms with van der Waals surface area (Å²) in [7, 11) is 6.11. The summed E-state index contributed by atoms with van der Waals surface area (Å²) in [5.41, 5.74) is 0. The maximum Gasteiger partial charge on any atom is 0.203 e. The molecule has 6 heteroatoms. The number of hydrogen-bond acceptors (Lipinski definition) is 5. The van der Waals surface area contributed by atoms with Crippen LogP contribution in [0.25, 0.3) is 0 Å². The molecule has 0 amide bonds. The van der Waals surface area contributed by atoms with Gasteiger partial charge >= 0.3 is 0 Å². The van der Waals surface area contributed by atoms with Crippen LogP contribution in [0.15, 0.2) is 12.4 Å². The molecule has 20 heavy (non-hydrogen) atoms. The molecule has 2 heterocycles. The third-order valence-corrected chi connectivity index (χ3v) is 3.90. The predicted molar refractivity (Wildman–Crippen MR) is 81.1 cm³/mol. The Morgan fingerprint density at radius 3 is 3.00 bits per heavy atom. The minimum atomic E-state index is 0.257. The van der Waals surface area contributed by atoms with E-state index in [0.29, 0.717) is 12.6 Å². The summed E-state index contributed by atoms with van der Waals surface area (Å²) in [5, 5.41) is 3.40. The molecule has 0 bridgehead atoms. The zero-order valence-corrected chi connectivity index (χ0v) is 13.0. The van der Waals surface area contributed by atoms with Crippen molar-refractivity contribution in [3.05, 3.63) is 12.4 Å². The van der Waals surface area contributed by atoms with Gasteiger partial charge in [-0.2, -0.15) is 0 Å². The van der Waals surface area contributed by atoms with Gasteiger partial charge in [-0.25, -0.2) is 4.98 Å². The van der Waals surface area contributed by atoms with E-state index < -0.39 is 0 Å². The van der Waals surface area contributed by atoms with Crippen LogP contribution in [0.1, 0.15) is 6.92 Å². The summed E-state index contributed by atoms with van der Waals surface area (Å²) < 4.78 is 7.36. The summed E-state index contributed by atoms with van der Waals surface area (Å²) >= 11 is 0. The Morgan fingerprint density at radius 2 is 2.25 bits per heavy atom. The van der Waals surface area contributed by atoms with Gasteiger partial charge in [0, 0.05) is 57.8 Å². The molecule has 0 aromatic carbocycles. The number of imidazole rings is 1. The smallest absolute Gasteiger partial charge is 0.203 e. The van der Waals surface area contributed by atoms with Crippen molar-refractivity contribution in [2.24, 2.45) is 0 Å². The standard InChI is InChI=1S/C14H27N5O/c1-12(11-20-4)16-14-15-5-6-19(14)10-13-9-17(2)7-8-18(13)3/h5-6,12-13H,7-11H2,1-4H3,(H,15,16). The number of hydrogen-bond donors (Lipinski definition) is 1. The van der Waals surface area contributed by atoms with Crippen LogP contribution in [-0.2, 0) is 11.3 Å². The number of ether oxygens (including phenoxy) is 1. The number of likely N-dealkylation sites (N-methyl/N-ethyl adjacent to an activating group) is 2. The van der Waals surface area contributed by atoms with E-state index in [2.05, 4.69) is 45.7 Å². The summed E-state index contributed by atoms with van der Waals surface area (Å²) in [4.78, 5) is 9.24. The lowest BCUT2D eigenvalue weighted by Gasteiger charge is -2.38. The van der Waals surface area contributed by atoms with Crippen LogP contribution in [0.3, 0.4) is 0 Å². The number of piperazine rings is 1. The normalized spacial score (nSPS) is 22.9. The van der Waals surface area contributed by atoms with Crippen LogP contribution in [0.4, 0.5) is 5.95 Å². The van der Waals surface area contributed by atoms with Gasteiger partial charge in [-0.05, 0) is 21.0 Å². The maximum atomic E-state index is 5.16. The highest BCUT2D eigenvalue weighted by atomic mass is 16.5. The molecule has 0 aliphatic carbocycles. The van der Waals surface area contributed by atoms with Crippen molar-refractivity contribution in [2.45, 2.75) is 25.6 Å². The fourth-order valence-corrected chi connectivity index (χ4v) is 2.63. The Bertz CT molecular complexity index is 408. The molecule has 2 unspecified atom stereocenters. The van der Waals surface area contributed by atoms with Crippen molar-refractivity contribution in [1.82, 2.24) is 19.4 Å². The highest BCUT2D eigenvalue weighted by molar-refractivity contribution is 5.27. The maximum absolute atomic E-state index is 5.16. The molecule has 1 aliphatic rings. The number of rotatable bonds is 6. The largest absolute Gasteiger partial charge is 0.383 e. The molecule has 0 radical (unpaired) electrons. The second-order valence-electron chi connectivity index (χ2n) is 5.80. The first kappa shape index (κ1) is 15.3. The fourth-order valence-electron chi connectivity index (χ4n) is 2.63. The number of methoxy groups -OCH3 is 1. The van der Waals surface area contributed by atoms with E-state index in [1.807, 2.05) is 12.4 Å². The zero-order chi connectivity index (χ0) is 14.5. The van der Waals surface area contributed by atoms with Crippen molar-refractivity contribution in [3.8, 4) is 0 Å². The summed E-state index contributed by atoms with van der Waals surface area (Å²) in [6.07, 6.45) is 3.90. The molecular formula is C14H27N5O. The Morgan fingerprint density at radius 1 is 1.45 bits per heavy atom. The molecule has 2 rings (SSSR count). The lowest BCUT2D eigenvalue weighted by molar-refractivity contribution is 0.103. The van der Waals surface area contributed by atoms with Crippen molar-refractivity contribution in [3.63, 3.8) is 0 Å². The van der Waals surface area contributed by atoms with Crippen LogP contribution in [0.5, 0.6) is 0 Å². The molecule has 2 atom stereocenters. The van der Waals surface area contributed by atoms with E-state index in [1.165, 1.54) is 0 Å². The van der Waals surface area contributed by atoms with Gasteiger partial charge < -0.3 is 19.5 Å². The number of aromatic nitrogens is 2. The minimum Gasteiger partial charge on any atom is -0.383 e. The van der Waals surface area contributed by atoms with E-state index in [0.717, 1.165) is 32.1 Å². The first-order valence-electron chi connectivity index (χ1n) is 7.25. The topological polar surface area (TPSA) is 45.6 Å². The van der Waals surface area contributed by atoms with Gasteiger partial charge in [0.25, 0.3) is 0 Å². The lowest BCUT2D eigenvalue weighted by Crippen LogP contribution is -2.51. The van der Waals surface area contributed by atoms with E-state index in [-0.39, 0.29) is 6.04 Å². The van der Waals surface area contributed by atoms with Crippen molar-refractivity contribution < 1.29 is 4.74 Å². The second kappa shape index (κ2) is 7.06. The molecular weight excluding hydrogens is 254 g/mol. The monoisotopic (exact) mass is 281 g/mol. The predicted octanol–water partition coefficient (Wildman–Crippen LogP) is 0.576. The molecule has 0 saturated carbocycles. The summed E-state index contributed by atoms with van der Waals surface area (Å²) in [6, 6.07) is 0.786. The van der Waals surface area contributed by atoms with Crippen LogP contribution in [0.2, 0.25) is 0 Å². The molecule has 1 aliphatic heterocycles. The van der Waals surface area contributed by atoms with Gasteiger partial charge in [-0.3, -0.25) is 4.90 Å². The van der Waals surface area contributed by atoms with Gasteiger partial charge in [0.15, 0.2) is 0 Å². The Labute approximate surface area is 121 Å². The second-order valence-corrected chi connectivity index (χ2v) is 5.80. The first-order chi connectivity index (χ1) is 9.60. The summed E-state index contributed by atoms with van der Waals surface area (Å²) in [5.74, 6) is 0.927. The molecule has 6 nitrogen and oxygen atoms in total. The highest BCUT2D eigenvalue weighted by Gasteiger charge is 2.23. The molecule has 1 saturated heterocycles. The molecule has 1 N–H and O–H groups in total. The molecule has 1 fully saturated rings. The molecule has 1 aromatic rings. The van der Waals surface area contributed by atoms with Crippen LogP contribution < -0.4 is 5.32 Å². The van der Waals surface area contributed by atoms with Gasteiger partial charge in [-0.1, -0.05) is 0 Å². The Kier molecular flexibility index (Phi) is 5.39. The number of anilines is 1. The fraction of sp³-hybridized carbons (Fsp3) is 0.786. The van der Waals surface area contributed by atoms with E-state index in [9.17, 15) is 0 Å². The third kappa shape index (κ3) is 3.94. The van der Waals surface area contributed by atoms with Crippen molar-refractivity contribution >= 4 is 5.95 Å². The van der Waals surface area contributed by atoms with Gasteiger partial charge in [0.1, 0.15) is 0 Å². The van der Waals surface area contributed by atoms with Crippen LogP contribution >= 0.6 is 0 Å². The average molecular weight is 281 g/mol. The SMILES string of the molecule is COCC(C)Nc1nccn1CC1CN(C)CCN1C. The highest BCUT2D eigenvalue weighted by Crippen LogP contribution is 2.13. The molecule has 0 spiro atoms. The van der Waals surface area contributed by atoms with Crippen molar-refractivity contribution in [1.29, 1.82) is 0 Å². The van der Waals surface area contributed by atoms with Crippen LogP contribution in [0, 0.1) is 0 Å². The molecule has 114 valence electrons. The third-order valence-electron chi connectivity index (χ3n) is 3.90. The summed E-state index contributed by atoms with van der Waals surface area (Å²) in [6.45, 7) is 7.11. The number of nitrogens with zero attached hydrogens (tertiary/aromatic N) is 4. The number of nitrogens with one attached hydrogen (secondary N) is 1. The van der Waals surface area contributed by atoms with Crippen LogP contribution in [-0.4, -0.2) is 78.9 Å². The lowest BCUT2D eigenvalue weighted by atomic mass is 10.2. The van der Waals surface area contributed by atoms with Gasteiger partial charge in [-0.15, -0.1) is 0 Å². The minimum absolute atomic E-state index is 0.257. The van der Waals surface area contributed by atoms with E-state index >= 15 is 0 Å². The Hall–Kier alpha value is -1.11. The van der Waals surface area contributed by atoms with E-state index in [4.69, 9.17) is 4.74 Å². The quantitative estimate of drug-likeness (QED) is 0.826. The first-order valence-corrected chi connectivity index (χ1v) is 7.25. The van der Waals surface area contributed by atoms with Crippen molar-refractivity contribution in [2.75, 3.05) is 52.8 Å². The molecule has 1 aromatic heterocycles. The van der Waals surface area contributed by atoms with Gasteiger partial charge in [0.2, 0.25) is 5.95 Å². The average Bonchev–Trinajstić information content (AvgIpc) is 2.81. The Balaban J connectivity index is 1.97.